The smallest absolute Gasteiger partial charge is 0.332 e. The van der Waals surface area contributed by atoms with Crippen molar-refractivity contribution < 1.29 is 9.90 Å². The molecule has 4 nitrogen and oxygen atoms in total. The van der Waals surface area contributed by atoms with Crippen LogP contribution in [0.15, 0.2) is 53.5 Å². The van der Waals surface area contributed by atoms with Crippen LogP contribution in [-0.4, -0.2) is 20.6 Å². The second kappa shape index (κ2) is 12.0. The first-order chi connectivity index (χ1) is 15.5. The Morgan fingerprint density at radius 1 is 1.12 bits per heavy atom. The fourth-order valence-electron chi connectivity index (χ4n) is 3.85. The maximum Gasteiger partial charge on any atom is 0.332 e. The summed E-state index contributed by atoms with van der Waals surface area (Å²) in [6, 6.07) is 11.8. The van der Waals surface area contributed by atoms with Crippen molar-refractivity contribution in [2.24, 2.45) is 0 Å². The molecule has 0 aliphatic rings. The van der Waals surface area contributed by atoms with E-state index < -0.39 is 5.97 Å². The largest absolute Gasteiger partial charge is 0.478 e. The molecule has 0 saturated carbocycles. The zero-order valence-corrected chi connectivity index (χ0v) is 20.4. The highest BCUT2D eigenvalue weighted by Gasteiger charge is 2.22. The van der Waals surface area contributed by atoms with Crippen LogP contribution in [0.4, 0.5) is 0 Å². The van der Waals surface area contributed by atoms with Crippen molar-refractivity contribution in [3.8, 4) is 0 Å². The molecule has 0 saturated heterocycles. The number of carboxylic acids is 1. The van der Waals surface area contributed by atoms with E-state index in [0.29, 0.717) is 30.0 Å². The third-order valence-corrected chi connectivity index (χ3v) is 6.87. The minimum Gasteiger partial charge on any atom is -0.478 e. The number of rotatable bonds is 12. The van der Waals surface area contributed by atoms with Crippen molar-refractivity contribution in [3.63, 3.8) is 0 Å². The fourth-order valence-corrected chi connectivity index (χ4v) is 4.76. The number of allylic oxidation sites excluding steroid dienone is 1. The summed E-state index contributed by atoms with van der Waals surface area (Å²) in [7, 11) is 0. The van der Waals surface area contributed by atoms with Gasteiger partial charge in [-0.25, -0.2) is 9.78 Å². The van der Waals surface area contributed by atoms with Crippen LogP contribution in [0, 0.1) is 0 Å². The summed E-state index contributed by atoms with van der Waals surface area (Å²) in [5.74, 6) is 0.127. The number of hydrogen-bond acceptors (Lipinski definition) is 3. The second-order valence-corrected chi connectivity index (χ2v) is 9.40. The number of nitrogens with zero attached hydrogens (tertiary/aromatic N) is 2. The number of benzene rings is 1. The van der Waals surface area contributed by atoms with E-state index in [1.165, 1.54) is 0 Å². The van der Waals surface area contributed by atoms with Gasteiger partial charge in [-0.2, -0.15) is 0 Å². The molecule has 0 atom stereocenters. The summed E-state index contributed by atoms with van der Waals surface area (Å²) in [6.45, 7) is 4.87. The van der Waals surface area contributed by atoms with Gasteiger partial charge in [0.25, 0.3) is 0 Å². The molecule has 0 fully saturated rings. The lowest BCUT2D eigenvalue weighted by Crippen LogP contribution is -2.13. The van der Waals surface area contributed by atoms with Gasteiger partial charge in [-0.15, -0.1) is 11.3 Å². The Morgan fingerprint density at radius 3 is 2.56 bits per heavy atom. The number of thiophene rings is 1. The summed E-state index contributed by atoms with van der Waals surface area (Å²) in [4.78, 5) is 18.2. The van der Waals surface area contributed by atoms with Crippen LogP contribution in [-0.2, 0) is 24.2 Å². The third kappa shape index (κ3) is 6.11. The van der Waals surface area contributed by atoms with Gasteiger partial charge >= 0.3 is 5.97 Å². The van der Waals surface area contributed by atoms with Crippen LogP contribution in [0.5, 0.6) is 0 Å². The molecule has 1 N–H and O–H groups in total. The topological polar surface area (TPSA) is 55.1 Å². The van der Waals surface area contributed by atoms with Gasteiger partial charge in [0, 0.05) is 28.3 Å². The second-order valence-electron chi connectivity index (χ2n) is 7.96. The summed E-state index contributed by atoms with van der Waals surface area (Å²) in [6.07, 6.45) is 7.90. The zero-order chi connectivity index (χ0) is 22.9. The monoisotopic (exact) mass is 470 g/mol. The Kier molecular flexibility index (Phi) is 9.12. The maximum atomic E-state index is 12.4. The molecule has 0 bridgehead atoms. The molecule has 0 aliphatic heterocycles. The number of hydrogen-bond donors (Lipinski definition) is 1. The normalized spacial score (nSPS) is 12.1. The molecule has 0 unspecified atom stereocenters. The van der Waals surface area contributed by atoms with Crippen LogP contribution < -0.4 is 0 Å². The Morgan fingerprint density at radius 2 is 1.91 bits per heavy atom. The third-order valence-electron chi connectivity index (χ3n) is 5.62. The van der Waals surface area contributed by atoms with E-state index in [1.54, 1.807) is 11.3 Å². The Hall–Kier alpha value is -2.37. The number of carbonyl (C=O) groups is 1. The number of carboxylic acid groups (broad SMARTS) is 1. The number of aryl methyl sites for hydroxylation is 1. The molecule has 0 spiro atoms. The fraction of sp³-hybridized carbons (Fsp3) is 0.385. The molecule has 170 valence electrons. The molecule has 2 aromatic heterocycles. The lowest BCUT2D eigenvalue weighted by atomic mass is 9.96. The standard InChI is InChI=1S/C26H31ClN2O2S/c1-3-5-12-21(22(26(30)31)16-20-11-9-15-32-20)24-17-28-25(14-6-4-2)29(24)18-19-10-7-8-13-23(19)27/h7-11,13,15,17H,3-6,12,14,16,18H2,1-2H3,(H,30,31)/b22-21+. The first-order valence-electron chi connectivity index (χ1n) is 11.3. The lowest BCUT2D eigenvalue weighted by Gasteiger charge is -2.18. The van der Waals surface area contributed by atoms with E-state index in [4.69, 9.17) is 16.6 Å². The van der Waals surface area contributed by atoms with E-state index in [0.717, 1.165) is 59.6 Å². The zero-order valence-electron chi connectivity index (χ0n) is 18.8. The summed E-state index contributed by atoms with van der Waals surface area (Å²) >= 11 is 8.08. The van der Waals surface area contributed by atoms with E-state index in [-0.39, 0.29) is 0 Å². The molecule has 0 amide bonds. The highest BCUT2D eigenvalue weighted by molar-refractivity contribution is 7.09. The van der Waals surface area contributed by atoms with Gasteiger partial charge in [0.05, 0.1) is 18.4 Å². The van der Waals surface area contributed by atoms with Crippen LogP contribution in [0.25, 0.3) is 5.57 Å². The van der Waals surface area contributed by atoms with Crippen LogP contribution in [0.1, 0.15) is 67.9 Å². The summed E-state index contributed by atoms with van der Waals surface area (Å²) in [5, 5.41) is 12.9. The summed E-state index contributed by atoms with van der Waals surface area (Å²) < 4.78 is 2.18. The van der Waals surface area contributed by atoms with E-state index in [1.807, 2.05) is 48.0 Å². The summed E-state index contributed by atoms with van der Waals surface area (Å²) in [5.41, 5.74) is 3.26. The maximum absolute atomic E-state index is 12.4. The predicted octanol–water partition coefficient (Wildman–Crippen LogP) is 7.26. The first-order valence-corrected chi connectivity index (χ1v) is 12.6. The van der Waals surface area contributed by atoms with E-state index in [9.17, 15) is 9.90 Å². The molecular weight excluding hydrogens is 440 g/mol. The van der Waals surface area contributed by atoms with Gasteiger partial charge < -0.3 is 9.67 Å². The SMILES string of the molecule is CCCC/C(=C(/Cc1cccs1)C(=O)O)c1cnc(CCCC)n1Cc1ccccc1Cl. The van der Waals surface area contributed by atoms with Crippen molar-refractivity contribution in [1.29, 1.82) is 0 Å². The molecular formula is C26H31ClN2O2S. The van der Waals surface area contributed by atoms with Crippen LogP contribution in [0.2, 0.25) is 5.02 Å². The number of aromatic nitrogens is 2. The average molecular weight is 471 g/mol. The van der Waals surface area contributed by atoms with Crippen molar-refractivity contribution in [2.45, 2.75) is 65.3 Å². The van der Waals surface area contributed by atoms with Crippen LogP contribution in [0.3, 0.4) is 0 Å². The Balaban J connectivity index is 2.13. The van der Waals surface area contributed by atoms with Gasteiger partial charge in [0.15, 0.2) is 0 Å². The predicted molar refractivity (Wildman–Crippen MR) is 133 cm³/mol. The highest BCUT2D eigenvalue weighted by Crippen LogP contribution is 2.30. The molecule has 2 heterocycles. The molecule has 0 aliphatic carbocycles. The molecule has 3 aromatic rings. The molecule has 32 heavy (non-hydrogen) atoms. The van der Waals surface area contributed by atoms with Crippen molar-refractivity contribution in [2.75, 3.05) is 0 Å². The van der Waals surface area contributed by atoms with Gasteiger partial charge in [0.1, 0.15) is 5.82 Å². The van der Waals surface area contributed by atoms with Gasteiger partial charge in [0.2, 0.25) is 0 Å². The van der Waals surface area contributed by atoms with Crippen molar-refractivity contribution in [1.82, 2.24) is 9.55 Å². The number of halogens is 1. The number of unbranched alkanes of at least 4 members (excludes halogenated alkanes) is 2. The Bertz CT molecular complexity index is 1050. The minimum absolute atomic E-state index is 0.424. The first kappa shape index (κ1) is 24.3. The number of imidazole rings is 1. The van der Waals surface area contributed by atoms with Gasteiger partial charge in [-0.05, 0) is 47.9 Å². The lowest BCUT2D eigenvalue weighted by molar-refractivity contribution is -0.132. The quantitative estimate of drug-likeness (QED) is 0.283. The molecule has 0 radical (unpaired) electrons. The van der Waals surface area contributed by atoms with Crippen molar-refractivity contribution in [3.05, 3.63) is 80.5 Å². The van der Waals surface area contributed by atoms with Gasteiger partial charge in [-0.3, -0.25) is 0 Å². The van der Waals surface area contributed by atoms with Crippen LogP contribution >= 0.6 is 22.9 Å². The molecule has 3 rings (SSSR count). The van der Waals surface area contributed by atoms with Gasteiger partial charge in [-0.1, -0.05) is 62.6 Å². The highest BCUT2D eigenvalue weighted by atomic mass is 35.5. The minimum atomic E-state index is -0.856. The Labute approximate surface area is 199 Å². The average Bonchev–Trinajstić information content (AvgIpc) is 3.43. The van der Waals surface area contributed by atoms with E-state index in [2.05, 4.69) is 18.4 Å². The van der Waals surface area contributed by atoms with E-state index >= 15 is 0 Å². The molecule has 6 heteroatoms. The molecule has 1 aromatic carbocycles. The van der Waals surface area contributed by atoms with Crippen molar-refractivity contribution >= 4 is 34.5 Å². The number of aliphatic carboxylic acids is 1.